The number of rotatable bonds is 4. The molecule has 2 aromatic heterocycles. The lowest BCUT2D eigenvalue weighted by molar-refractivity contribution is 0.0946. The van der Waals surface area contributed by atoms with E-state index < -0.39 is 0 Å². The van der Waals surface area contributed by atoms with Crippen molar-refractivity contribution in [2.24, 2.45) is 0 Å². The minimum Gasteiger partial charge on any atom is -0.347 e. The maximum absolute atomic E-state index is 12.1. The Hall–Kier alpha value is -2.47. The van der Waals surface area contributed by atoms with Gasteiger partial charge >= 0.3 is 0 Å². The average molecular weight is 357 g/mol. The third kappa shape index (κ3) is 3.40. The standard InChI is InChI=1S/C16H13BrN4O/c17-13-3-1-12(2-4-13)14-9-15(21-20-14)16(22)19-10-11-5-7-18-8-6-11/h1-9H,10H2,(H,19,22)(H,20,21). The van der Waals surface area contributed by atoms with E-state index in [1.54, 1.807) is 18.5 Å². The van der Waals surface area contributed by atoms with E-state index in [2.05, 4.69) is 36.4 Å². The summed E-state index contributed by atoms with van der Waals surface area (Å²) in [6, 6.07) is 13.2. The van der Waals surface area contributed by atoms with Crippen LogP contribution in [0.15, 0.2) is 59.3 Å². The summed E-state index contributed by atoms with van der Waals surface area (Å²) in [6.45, 7) is 0.452. The number of benzene rings is 1. The van der Waals surface area contributed by atoms with Gasteiger partial charge in [-0.15, -0.1) is 0 Å². The molecule has 22 heavy (non-hydrogen) atoms. The first-order chi connectivity index (χ1) is 10.7. The van der Waals surface area contributed by atoms with Gasteiger partial charge in [-0.1, -0.05) is 28.1 Å². The Kier molecular flexibility index (Phi) is 4.29. The Morgan fingerprint density at radius 3 is 2.59 bits per heavy atom. The predicted octanol–water partition coefficient (Wildman–Crippen LogP) is 3.16. The Balaban J connectivity index is 1.68. The van der Waals surface area contributed by atoms with Crippen molar-refractivity contribution in [3.05, 3.63) is 70.6 Å². The number of carbonyl (C=O) groups excluding carboxylic acids is 1. The molecule has 2 heterocycles. The third-order valence-electron chi connectivity index (χ3n) is 3.16. The van der Waals surface area contributed by atoms with Gasteiger partial charge in [-0.3, -0.25) is 14.9 Å². The zero-order valence-corrected chi connectivity index (χ0v) is 13.2. The summed E-state index contributed by atoms with van der Waals surface area (Å²) in [5.74, 6) is -0.187. The van der Waals surface area contributed by atoms with Gasteiger partial charge in [-0.25, -0.2) is 0 Å². The molecular weight excluding hydrogens is 344 g/mol. The molecule has 0 radical (unpaired) electrons. The van der Waals surface area contributed by atoms with E-state index in [9.17, 15) is 4.79 Å². The van der Waals surface area contributed by atoms with Crippen molar-refractivity contribution in [2.45, 2.75) is 6.54 Å². The predicted molar refractivity (Wildman–Crippen MR) is 87.1 cm³/mol. The van der Waals surface area contributed by atoms with Gasteiger partial charge in [0.15, 0.2) is 0 Å². The quantitative estimate of drug-likeness (QED) is 0.754. The number of amides is 1. The topological polar surface area (TPSA) is 70.7 Å². The van der Waals surface area contributed by atoms with Crippen LogP contribution in [0, 0.1) is 0 Å². The van der Waals surface area contributed by atoms with Crippen molar-refractivity contribution >= 4 is 21.8 Å². The van der Waals surface area contributed by atoms with Crippen molar-refractivity contribution in [1.82, 2.24) is 20.5 Å². The maximum Gasteiger partial charge on any atom is 0.269 e. The zero-order valence-electron chi connectivity index (χ0n) is 11.6. The number of nitrogens with one attached hydrogen (secondary N) is 2. The lowest BCUT2D eigenvalue weighted by Gasteiger charge is -2.02. The molecular formula is C16H13BrN4O. The van der Waals surface area contributed by atoms with E-state index in [0.717, 1.165) is 21.3 Å². The van der Waals surface area contributed by atoms with Crippen molar-refractivity contribution < 1.29 is 4.79 Å². The largest absolute Gasteiger partial charge is 0.347 e. The summed E-state index contributed by atoms with van der Waals surface area (Å²) >= 11 is 3.39. The first-order valence-corrected chi connectivity index (χ1v) is 7.50. The van der Waals surface area contributed by atoms with E-state index in [1.165, 1.54) is 0 Å². The molecule has 5 nitrogen and oxygen atoms in total. The van der Waals surface area contributed by atoms with Crippen LogP contribution in [0.2, 0.25) is 0 Å². The van der Waals surface area contributed by atoms with Crippen LogP contribution in [-0.4, -0.2) is 21.1 Å². The minimum atomic E-state index is -0.187. The molecule has 0 bridgehead atoms. The van der Waals surface area contributed by atoms with Crippen LogP contribution in [0.1, 0.15) is 16.1 Å². The Morgan fingerprint density at radius 2 is 1.86 bits per heavy atom. The van der Waals surface area contributed by atoms with E-state index in [4.69, 9.17) is 0 Å². The smallest absolute Gasteiger partial charge is 0.269 e. The summed E-state index contributed by atoms with van der Waals surface area (Å²) in [5.41, 5.74) is 3.12. The molecule has 0 spiro atoms. The molecule has 1 aromatic carbocycles. The number of halogens is 1. The van der Waals surface area contributed by atoms with Crippen molar-refractivity contribution in [2.75, 3.05) is 0 Å². The first kappa shape index (κ1) is 14.5. The van der Waals surface area contributed by atoms with Crippen LogP contribution in [0.5, 0.6) is 0 Å². The van der Waals surface area contributed by atoms with E-state index in [1.807, 2.05) is 36.4 Å². The van der Waals surface area contributed by atoms with Crippen LogP contribution < -0.4 is 5.32 Å². The van der Waals surface area contributed by atoms with Gasteiger partial charge < -0.3 is 5.32 Å². The fourth-order valence-corrected chi connectivity index (χ4v) is 2.25. The summed E-state index contributed by atoms with van der Waals surface area (Å²) in [7, 11) is 0. The van der Waals surface area contributed by atoms with Gasteiger partial charge in [-0.05, 0) is 35.9 Å². The molecule has 3 aromatic rings. The number of carbonyl (C=O) groups is 1. The number of hydrogen-bond acceptors (Lipinski definition) is 3. The maximum atomic E-state index is 12.1. The van der Waals surface area contributed by atoms with Gasteiger partial charge in [-0.2, -0.15) is 5.10 Å². The van der Waals surface area contributed by atoms with Gasteiger partial charge in [0.1, 0.15) is 5.69 Å². The molecule has 0 fully saturated rings. The molecule has 2 N–H and O–H groups in total. The van der Waals surface area contributed by atoms with Crippen molar-refractivity contribution in [3.63, 3.8) is 0 Å². The molecule has 0 unspecified atom stereocenters. The SMILES string of the molecule is O=C(NCc1ccncc1)c1cc(-c2ccc(Br)cc2)n[nH]1. The van der Waals surface area contributed by atoms with Crippen LogP contribution in [0.25, 0.3) is 11.3 Å². The molecule has 0 aliphatic heterocycles. The molecule has 0 aliphatic rings. The molecule has 0 saturated heterocycles. The highest BCUT2D eigenvalue weighted by molar-refractivity contribution is 9.10. The first-order valence-electron chi connectivity index (χ1n) is 6.71. The number of H-pyrrole nitrogens is 1. The molecule has 0 atom stereocenters. The second-order valence-electron chi connectivity index (χ2n) is 4.71. The fraction of sp³-hybridized carbons (Fsp3) is 0.0625. The molecule has 6 heteroatoms. The zero-order chi connectivity index (χ0) is 15.4. The number of aromatic nitrogens is 3. The second-order valence-corrected chi connectivity index (χ2v) is 5.63. The number of aromatic amines is 1. The summed E-state index contributed by atoms with van der Waals surface area (Å²) in [4.78, 5) is 16.1. The molecule has 0 aliphatic carbocycles. The minimum absolute atomic E-state index is 0.187. The van der Waals surface area contributed by atoms with Crippen LogP contribution >= 0.6 is 15.9 Å². The van der Waals surface area contributed by atoms with Crippen LogP contribution in [0.3, 0.4) is 0 Å². The molecule has 0 saturated carbocycles. The van der Waals surface area contributed by atoms with Crippen molar-refractivity contribution in [3.8, 4) is 11.3 Å². The van der Waals surface area contributed by atoms with Crippen LogP contribution in [-0.2, 0) is 6.54 Å². The Bertz CT molecular complexity index is 768. The Morgan fingerprint density at radius 1 is 1.14 bits per heavy atom. The molecule has 1 amide bonds. The highest BCUT2D eigenvalue weighted by atomic mass is 79.9. The lowest BCUT2D eigenvalue weighted by Crippen LogP contribution is -2.23. The normalized spacial score (nSPS) is 10.4. The van der Waals surface area contributed by atoms with Crippen LogP contribution in [0.4, 0.5) is 0 Å². The van der Waals surface area contributed by atoms with E-state index in [-0.39, 0.29) is 5.91 Å². The van der Waals surface area contributed by atoms with Crippen molar-refractivity contribution in [1.29, 1.82) is 0 Å². The van der Waals surface area contributed by atoms with Gasteiger partial charge in [0.05, 0.1) is 5.69 Å². The third-order valence-corrected chi connectivity index (χ3v) is 3.69. The number of nitrogens with zero attached hydrogens (tertiary/aromatic N) is 2. The number of hydrogen-bond donors (Lipinski definition) is 2. The lowest BCUT2D eigenvalue weighted by atomic mass is 10.1. The Labute approximate surface area is 135 Å². The second kappa shape index (κ2) is 6.53. The highest BCUT2D eigenvalue weighted by Crippen LogP contribution is 2.20. The van der Waals surface area contributed by atoms with E-state index in [0.29, 0.717) is 12.2 Å². The average Bonchev–Trinajstić information content (AvgIpc) is 3.04. The van der Waals surface area contributed by atoms with Gasteiger partial charge in [0.2, 0.25) is 0 Å². The summed E-state index contributed by atoms with van der Waals surface area (Å²) < 4.78 is 1.00. The number of pyridine rings is 1. The summed E-state index contributed by atoms with van der Waals surface area (Å²) in [5, 5.41) is 9.79. The monoisotopic (exact) mass is 356 g/mol. The van der Waals surface area contributed by atoms with E-state index >= 15 is 0 Å². The fourth-order valence-electron chi connectivity index (χ4n) is 1.98. The molecule has 3 rings (SSSR count). The van der Waals surface area contributed by atoms with Gasteiger partial charge in [0.25, 0.3) is 5.91 Å². The highest BCUT2D eigenvalue weighted by Gasteiger charge is 2.10. The molecule has 110 valence electrons. The van der Waals surface area contributed by atoms with Gasteiger partial charge in [0, 0.05) is 29.0 Å². The summed E-state index contributed by atoms with van der Waals surface area (Å²) in [6.07, 6.45) is 3.40.